The van der Waals surface area contributed by atoms with Crippen LogP contribution in [0.3, 0.4) is 0 Å². The Hall–Kier alpha value is -1.32. The van der Waals surface area contributed by atoms with Crippen molar-refractivity contribution in [1.82, 2.24) is 0 Å². The normalized spacial score (nSPS) is 28.6. The second-order valence-electron chi connectivity index (χ2n) is 6.37. The lowest BCUT2D eigenvalue weighted by Crippen LogP contribution is -2.33. The van der Waals surface area contributed by atoms with E-state index in [1.54, 1.807) is 0 Å². The molecule has 1 nitrogen and oxygen atoms in total. The highest BCUT2D eigenvalue weighted by Crippen LogP contribution is 2.43. The van der Waals surface area contributed by atoms with Crippen LogP contribution in [0.15, 0.2) is 24.3 Å². The van der Waals surface area contributed by atoms with Crippen molar-refractivity contribution in [2.45, 2.75) is 50.6 Å². The van der Waals surface area contributed by atoms with Crippen LogP contribution >= 0.6 is 0 Å². The smallest absolute Gasteiger partial charge is 0.299 e. The lowest BCUT2D eigenvalue weighted by Gasteiger charge is -2.33. The van der Waals surface area contributed by atoms with Gasteiger partial charge in [-0.05, 0) is 42.7 Å². The number of carbonyl (C=O) groups excluding carboxylic acids is 1. The number of carbonyl (C=O) groups is 1. The number of ketones is 1. The molecule has 0 amide bonds. The molecule has 0 aliphatic heterocycles. The number of hydrogen-bond donors (Lipinski definition) is 0. The fourth-order valence-electron chi connectivity index (χ4n) is 3.73. The summed E-state index contributed by atoms with van der Waals surface area (Å²) in [5.41, 5.74) is 2.47. The first-order chi connectivity index (χ1) is 9.95. The van der Waals surface area contributed by atoms with Gasteiger partial charge in [0, 0.05) is 12.3 Å². The molecule has 3 rings (SSSR count). The standard InChI is InChI=1S/C17H19F3O/c18-17(19,20)14-6-3-5-12(9-14)16(21)10-13-8-11-4-1-2-7-15(11)13/h1-2,4,7,12-14H,3,5-6,8-10H2. The highest BCUT2D eigenvalue weighted by atomic mass is 19.4. The van der Waals surface area contributed by atoms with Crippen LogP contribution in [0.1, 0.15) is 49.1 Å². The first-order valence-electron chi connectivity index (χ1n) is 7.62. The van der Waals surface area contributed by atoms with Gasteiger partial charge < -0.3 is 0 Å². The molecule has 0 aromatic heterocycles. The van der Waals surface area contributed by atoms with Crippen molar-refractivity contribution >= 4 is 5.78 Å². The van der Waals surface area contributed by atoms with Gasteiger partial charge in [0.1, 0.15) is 5.78 Å². The lowest BCUT2D eigenvalue weighted by molar-refractivity contribution is -0.186. The Morgan fingerprint density at radius 1 is 1.19 bits per heavy atom. The Kier molecular flexibility index (Phi) is 3.80. The van der Waals surface area contributed by atoms with E-state index in [0.717, 1.165) is 6.42 Å². The fourth-order valence-corrected chi connectivity index (χ4v) is 3.73. The van der Waals surface area contributed by atoms with Gasteiger partial charge in [0.05, 0.1) is 5.92 Å². The minimum atomic E-state index is -4.15. The average Bonchev–Trinajstić information content (AvgIpc) is 2.44. The molecule has 114 valence electrons. The maximum absolute atomic E-state index is 12.8. The molecule has 3 unspecified atom stereocenters. The first-order valence-corrected chi connectivity index (χ1v) is 7.62. The van der Waals surface area contributed by atoms with E-state index >= 15 is 0 Å². The van der Waals surface area contributed by atoms with Gasteiger partial charge in [-0.15, -0.1) is 0 Å². The van der Waals surface area contributed by atoms with Gasteiger partial charge in [-0.25, -0.2) is 0 Å². The Labute approximate surface area is 122 Å². The molecule has 0 bridgehead atoms. The minimum absolute atomic E-state index is 0.00327. The molecule has 1 fully saturated rings. The third kappa shape index (κ3) is 2.99. The van der Waals surface area contributed by atoms with Crippen LogP contribution in [0.2, 0.25) is 0 Å². The molecule has 1 saturated carbocycles. The molecule has 1 aromatic rings. The third-order valence-electron chi connectivity index (χ3n) is 5.00. The van der Waals surface area contributed by atoms with Crippen LogP contribution in [0.25, 0.3) is 0 Å². The molecular weight excluding hydrogens is 277 g/mol. The van der Waals surface area contributed by atoms with E-state index in [1.807, 2.05) is 18.2 Å². The lowest BCUT2D eigenvalue weighted by atomic mass is 9.71. The Morgan fingerprint density at radius 2 is 1.95 bits per heavy atom. The van der Waals surface area contributed by atoms with Crippen LogP contribution < -0.4 is 0 Å². The van der Waals surface area contributed by atoms with Gasteiger partial charge in [0.15, 0.2) is 0 Å². The van der Waals surface area contributed by atoms with Crippen molar-refractivity contribution < 1.29 is 18.0 Å². The van der Waals surface area contributed by atoms with Gasteiger partial charge in [0.2, 0.25) is 0 Å². The van der Waals surface area contributed by atoms with Crippen molar-refractivity contribution in [3.05, 3.63) is 35.4 Å². The number of halogens is 3. The summed E-state index contributed by atoms with van der Waals surface area (Å²) in [5.74, 6) is -1.42. The Bertz CT molecular complexity index is 535. The quantitative estimate of drug-likeness (QED) is 0.793. The summed E-state index contributed by atoms with van der Waals surface area (Å²) in [7, 11) is 0. The molecule has 0 radical (unpaired) electrons. The number of rotatable bonds is 3. The van der Waals surface area contributed by atoms with Crippen molar-refractivity contribution in [2.24, 2.45) is 11.8 Å². The van der Waals surface area contributed by atoms with E-state index in [2.05, 4.69) is 6.07 Å². The van der Waals surface area contributed by atoms with Crippen molar-refractivity contribution in [1.29, 1.82) is 0 Å². The van der Waals surface area contributed by atoms with E-state index in [1.165, 1.54) is 11.1 Å². The van der Waals surface area contributed by atoms with Crippen molar-refractivity contribution in [3.8, 4) is 0 Å². The highest BCUT2D eigenvalue weighted by Gasteiger charge is 2.43. The maximum atomic E-state index is 12.8. The zero-order valence-corrected chi connectivity index (χ0v) is 11.8. The molecule has 0 spiro atoms. The Balaban J connectivity index is 1.59. The fraction of sp³-hybridized carbons (Fsp3) is 0.588. The maximum Gasteiger partial charge on any atom is 0.391 e. The van der Waals surface area contributed by atoms with Crippen molar-refractivity contribution in [2.75, 3.05) is 0 Å². The number of fused-ring (bicyclic) bond motifs is 1. The summed E-state index contributed by atoms with van der Waals surface area (Å²) in [6, 6.07) is 8.01. The highest BCUT2D eigenvalue weighted by molar-refractivity contribution is 5.82. The minimum Gasteiger partial charge on any atom is -0.299 e. The van der Waals surface area contributed by atoms with Gasteiger partial charge in [-0.1, -0.05) is 30.7 Å². The van der Waals surface area contributed by atoms with Gasteiger partial charge in [0.25, 0.3) is 0 Å². The third-order valence-corrected chi connectivity index (χ3v) is 5.00. The molecule has 2 aliphatic carbocycles. The van der Waals surface area contributed by atoms with Crippen LogP contribution in [-0.2, 0) is 11.2 Å². The SMILES string of the molecule is O=C(CC1Cc2ccccc21)C1CCCC(C(F)(F)F)C1. The molecule has 2 aliphatic rings. The van der Waals surface area contributed by atoms with Crippen LogP contribution in [0.5, 0.6) is 0 Å². The molecular formula is C17H19F3O. The van der Waals surface area contributed by atoms with Gasteiger partial charge in [-0.2, -0.15) is 13.2 Å². The monoisotopic (exact) mass is 296 g/mol. The largest absolute Gasteiger partial charge is 0.391 e. The number of Topliss-reactive ketones (excluding diaryl/α,β-unsaturated/α-hetero) is 1. The summed E-state index contributed by atoms with van der Waals surface area (Å²) < 4.78 is 38.4. The van der Waals surface area contributed by atoms with Gasteiger partial charge in [-0.3, -0.25) is 4.79 Å². The predicted molar refractivity (Wildman–Crippen MR) is 74.0 cm³/mol. The van der Waals surface area contributed by atoms with Crippen LogP contribution in [-0.4, -0.2) is 12.0 Å². The molecule has 4 heteroatoms. The first kappa shape index (κ1) is 14.6. The van der Waals surface area contributed by atoms with E-state index in [4.69, 9.17) is 0 Å². The van der Waals surface area contributed by atoms with E-state index < -0.39 is 18.0 Å². The van der Waals surface area contributed by atoms with E-state index in [0.29, 0.717) is 19.3 Å². The van der Waals surface area contributed by atoms with E-state index in [9.17, 15) is 18.0 Å². The molecule has 0 heterocycles. The summed E-state index contributed by atoms with van der Waals surface area (Å²) in [4.78, 5) is 12.3. The number of benzene rings is 1. The van der Waals surface area contributed by atoms with Crippen LogP contribution in [0.4, 0.5) is 13.2 Å². The Morgan fingerprint density at radius 3 is 2.67 bits per heavy atom. The summed E-state index contributed by atoms with van der Waals surface area (Å²) in [6.45, 7) is 0. The predicted octanol–water partition coefficient (Wildman–Crippen LogP) is 4.65. The van der Waals surface area contributed by atoms with E-state index in [-0.39, 0.29) is 24.5 Å². The summed E-state index contributed by atoms with van der Waals surface area (Å²) >= 11 is 0. The number of hydrogen-bond acceptors (Lipinski definition) is 1. The zero-order valence-electron chi connectivity index (χ0n) is 11.8. The second kappa shape index (κ2) is 5.47. The number of alkyl halides is 3. The van der Waals surface area contributed by atoms with Gasteiger partial charge >= 0.3 is 6.18 Å². The molecule has 3 atom stereocenters. The zero-order chi connectivity index (χ0) is 15.0. The molecule has 0 N–H and O–H groups in total. The summed E-state index contributed by atoms with van der Waals surface area (Å²) in [5, 5.41) is 0. The second-order valence-corrected chi connectivity index (χ2v) is 6.37. The molecule has 21 heavy (non-hydrogen) atoms. The molecule has 1 aromatic carbocycles. The average molecular weight is 296 g/mol. The summed E-state index contributed by atoms with van der Waals surface area (Å²) in [6.07, 6.45) is -1.54. The topological polar surface area (TPSA) is 17.1 Å². The van der Waals surface area contributed by atoms with Crippen molar-refractivity contribution in [3.63, 3.8) is 0 Å². The molecule has 0 saturated heterocycles. The van der Waals surface area contributed by atoms with Crippen LogP contribution in [0, 0.1) is 11.8 Å².